The number of nitrogens with zero attached hydrogens (tertiary/aromatic N) is 1. The molecule has 3 nitrogen and oxygen atoms in total. The molecule has 1 N–H and O–H groups in total. The minimum absolute atomic E-state index is 0.0122. The molecule has 1 amide bonds. The maximum atomic E-state index is 11.8. The Kier molecular flexibility index (Phi) is 3.53. The summed E-state index contributed by atoms with van der Waals surface area (Å²) in [5.74, 6) is 0.843. The van der Waals surface area contributed by atoms with Crippen LogP contribution in [0.5, 0.6) is 0 Å². The van der Waals surface area contributed by atoms with E-state index in [-0.39, 0.29) is 5.54 Å². The minimum atomic E-state index is -0.0122. The molecule has 0 saturated carbocycles. The van der Waals surface area contributed by atoms with Gasteiger partial charge in [0, 0.05) is 18.5 Å². The highest BCUT2D eigenvalue weighted by Crippen LogP contribution is 2.24. The fourth-order valence-electron chi connectivity index (χ4n) is 2.07. The van der Waals surface area contributed by atoms with Crippen LogP contribution in [-0.2, 0) is 4.79 Å². The standard InChI is InChI=1S/C11H22N2O/c1-11(2,3)13-6-5-9(8-12-4)7-10(13)14/h9,12H,5-8H2,1-4H3. The van der Waals surface area contributed by atoms with Gasteiger partial charge in [0.2, 0.25) is 5.91 Å². The van der Waals surface area contributed by atoms with Crippen LogP contribution in [0.25, 0.3) is 0 Å². The van der Waals surface area contributed by atoms with E-state index in [1.165, 1.54) is 0 Å². The highest BCUT2D eigenvalue weighted by molar-refractivity contribution is 5.78. The van der Waals surface area contributed by atoms with Crippen molar-refractivity contribution in [1.29, 1.82) is 0 Å². The van der Waals surface area contributed by atoms with Crippen LogP contribution in [0.2, 0.25) is 0 Å². The molecule has 0 radical (unpaired) electrons. The van der Waals surface area contributed by atoms with Crippen molar-refractivity contribution in [1.82, 2.24) is 10.2 Å². The van der Waals surface area contributed by atoms with Gasteiger partial charge in [-0.3, -0.25) is 4.79 Å². The monoisotopic (exact) mass is 198 g/mol. The Morgan fingerprint density at radius 1 is 1.50 bits per heavy atom. The summed E-state index contributed by atoms with van der Waals surface area (Å²) in [6.07, 6.45) is 1.84. The van der Waals surface area contributed by atoms with Crippen LogP contribution in [0.4, 0.5) is 0 Å². The molecule has 82 valence electrons. The molecule has 1 atom stereocenters. The number of nitrogens with one attached hydrogen (secondary N) is 1. The molecule has 1 aliphatic rings. The van der Waals surface area contributed by atoms with Crippen LogP contribution < -0.4 is 5.32 Å². The van der Waals surface area contributed by atoms with Crippen molar-refractivity contribution in [3.63, 3.8) is 0 Å². The van der Waals surface area contributed by atoms with E-state index < -0.39 is 0 Å². The summed E-state index contributed by atoms with van der Waals surface area (Å²) >= 11 is 0. The van der Waals surface area contributed by atoms with Gasteiger partial charge in [0.1, 0.15) is 0 Å². The molecule has 14 heavy (non-hydrogen) atoms. The average Bonchev–Trinajstić information content (AvgIpc) is 2.02. The number of carbonyl (C=O) groups is 1. The molecule has 1 unspecified atom stereocenters. The SMILES string of the molecule is CNCC1CCN(C(C)(C)C)C(=O)C1. The lowest BCUT2D eigenvalue weighted by molar-refractivity contribution is -0.140. The number of piperidine rings is 1. The zero-order chi connectivity index (χ0) is 10.8. The maximum absolute atomic E-state index is 11.8. The van der Waals surface area contributed by atoms with Crippen LogP contribution in [0, 0.1) is 5.92 Å². The van der Waals surface area contributed by atoms with Crippen LogP contribution >= 0.6 is 0 Å². The molecular weight excluding hydrogens is 176 g/mol. The number of amides is 1. The van der Waals surface area contributed by atoms with E-state index in [0.29, 0.717) is 18.2 Å². The Hall–Kier alpha value is -0.570. The van der Waals surface area contributed by atoms with Gasteiger partial charge in [-0.05, 0) is 46.7 Å². The Bertz CT molecular complexity index is 208. The minimum Gasteiger partial charge on any atom is -0.338 e. The first-order valence-electron chi connectivity index (χ1n) is 5.40. The van der Waals surface area contributed by atoms with Crippen LogP contribution in [0.1, 0.15) is 33.6 Å². The van der Waals surface area contributed by atoms with Crippen molar-refractivity contribution in [3.8, 4) is 0 Å². The summed E-state index contributed by atoms with van der Waals surface area (Å²) in [4.78, 5) is 13.8. The van der Waals surface area contributed by atoms with Crippen molar-refractivity contribution in [2.75, 3.05) is 20.1 Å². The van der Waals surface area contributed by atoms with Gasteiger partial charge >= 0.3 is 0 Å². The van der Waals surface area contributed by atoms with E-state index in [1.54, 1.807) is 0 Å². The van der Waals surface area contributed by atoms with E-state index >= 15 is 0 Å². The van der Waals surface area contributed by atoms with Crippen molar-refractivity contribution in [2.24, 2.45) is 5.92 Å². The van der Waals surface area contributed by atoms with Gasteiger partial charge < -0.3 is 10.2 Å². The molecule has 1 rings (SSSR count). The Balaban J connectivity index is 2.52. The Morgan fingerprint density at radius 3 is 2.57 bits per heavy atom. The molecule has 1 aliphatic heterocycles. The number of likely N-dealkylation sites (tertiary alicyclic amines) is 1. The van der Waals surface area contributed by atoms with Gasteiger partial charge in [-0.25, -0.2) is 0 Å². The van der Waals surface area contributed by atoms with E-state index in [4.69, 9.17) is 0 Å². The summed E-state index contributed by atoms with van der Waals surface area (Å²) in [5.41, 5.74) is -0.0122. The lowest BCUT2D eigenvalue weighted by Crippen LogP contribution is -2.50. The van der Waals surface area contributed by atoms with Gasteiger partial charge in [-0.1, -0.05) is 0 Å². The summed E-state index contributed by atoms with van der Waals surface area (Å²) < 4.78 is 0. The van der Waals surface area contributed by atoms with Crippen molar-refractivity contribution < 1.29 is 4.79 Å². The number of hydrogen-bond donors (Lipinski definition) is 1. The molecule has 0 aromatic carbocycles. The largest absolute Gasteiger partial charge is 0.338 e. The molecule has 0 aromatic rings. The van der Waals surface area contributed by atoms with Crippen molar-refractivity contribution >= 4 is 5.91 Å². The molecule has 1 saturated heterocycles. The quantitative estimate of drug-likeness (QED) is 0.724. The third kappa shape index (κ3) is 2.71. The first-order valence-corrected chi connectivity index (χ1v) is 5.40. The predicted octanol–water partition coefficient (Wildman–Crippen LogP) is 1.24. The molecule has 0 spiro atoms. The second-order valence-corrected chi connectivity index (χ2v) is 5.13. The van der Waals surface area contributed by atoms with E-state index in [0.717, 1.165) is 19.5 Å². The molecule has 1 fully saturated rings. The van der Waals surface area contributed by atoms with E-state index in [2.05, 4.69) is 26.1 Å². The first-order chi connectivity index (χ1) is 6.45. The fourth-order valence-corrected chi connectivity index (χ4v) is 2.07. The highest BCUT2D eigenvalue weighted by Gasteiger charge is 2.31. The molecular formula is C11H22N2O. The highest BCUT2D eigenvalue weighted by atomic mass is 16.2. The van der Waals surface area contributed by atoms with Crippen LogP contribution in [0.3, 0.4) is 0 Å². The van der Waals surface area contributed by atoms with Gasteiger partial charge in [-0.2, -0.15) is 0 Å². The molecule has 0 bridgehead atoms. The number of hydrogen-bond acceptors (Lipinski definition) is 2. The zero-order valence-corrected chi connectivity index (χ0v) is 9.76. The second-order valence-electron chi connectivity index (χ2n) is 5.13. The smallest absolute Gasteiger partial charge is 0.223 e. The van der Waals surface area contributed by atoms with E-state index in [9.17, 15) is 4.79 Å². The lowest BCUT2D eigenvalue weighted by Gasteiger charge is -2.40. The van der Waals surface area contributed by atoms with E-state index in [1.807, 2.05) is 11.9 Å². The summed E-state index contributed by atoms with van der Waals surface area (Å²) in [6, 6.07) is 0. The zero-order valence-electron chi connectivity index (χ0n) is 9.76. The molecule has 3 heteroatoms. The number of carbonyl (C=O) groups excluding carboxylic acids is 1. The topological polar surface area (TPSA) is 32.3 Å². The van der Waals surface area contributed by atoms with Gasteiger partial charge in [0.15, 0.2) is 0 Å². The maximum Gasteiger partial charge on any atom is 0.223 e. The van der Waals surface area contributed by atoms with Crippen molar-refractivity contribution in [3.05, 3.63) is 0 Å². The number of rotatable bonds is 2. The first kappa shape index (κ1) is 11.5. The summed E-state index contributed by atoms with van der Waals surface area (Å²) in [5, 5.41) is 3.14. The normalized spacial score (nSPS) is 24.1. The lowest BCUT2D eigenvalue weighted by atomic mass is 9.92. The summed E-state index contributed by atoms with van der Waals surface area (Å²) in [6.45, 7) is 8.17. The van der Waals surface area contributed by atoms with Gasteiger partial charge in [0.25, 0.3) is 0 Å². The Labute approximate surface area is 86.9 Å². The molecule has 0 aromatic heterocycles. The predicted molar refractivity (Wildman–Crippen MR) is 58.1 cm³/mol. The van der Waals surface area contributed by atoms with Gasteiger partial charge in [0.05, 0.1) is 0 Å². The van der Waals surface area contributed by atoms with Gasteiger partial charge in [-0.15, -0.1) is 0 Å². The third-order valence-electron chi connectivity index (χ3n) is 2.83. The average molecular weight is 198 g/mol. The fraction of sp³-hybridized carbons (Fsp3) is 0.909. The summed E-state index contributed by atoms with van der Waals surface area (Å²) in [7, 11) is 1.95. The molecule has 1 heterocycles. The van der Waals surface area contributed by atoms with Crippen LogP contribution in [0.15, 0.2) is 0 Å². The van der Waals surface area contributed by atoms with Crippen LogP contribution in [-0.4, -0.2) is 36.5 Å². The second kappa shape index (κ2) is 4.30. The Morgan fingerprint density at radius 2 is 2.14 bits per heavy atom. The molecule has 0 aliphatic carbocycles. The van der Waals surface area contributed by atoms with Crippen molar-refractivity contribution in [2.45, 2.75) is 39.2 Å². The third-order valence-corrected chi connectivity index (χ3v) is 2.83.